The Morgan fingerprint density at radius 3 is 3.07 bits per heavy atom. The van der Waals surface area contributed by atoms with Crippen molar-refractivity contribution in [3.63, 3.8) is 0 Å². The summed E-state index contributed by atoms with van der Waals surface area (Å²) in [6.45, 7) is 1.12. The molecule has 80 valence electrons. The van der Waals surface area contributed by atoms with E-state index in [0.29, 0.717) is 12.4 Å². The normalized spacial score (nSPS) is 19.9. The van der Waals surface area contributed by atoms with Crippen LogP contribution in [0.4, 0.5) is 0 Å². The standard InChI is InChI=1S/C11H13BrN2O/c12-9-3-1-2-8(4-9)5-10-7-14-11(6-13)15-10/h1-4,10H,5-7,13H2. The van der Waals surface area contributed by atoms with Crippen molar-refractivity contribution in [3.05, 3.63) is 34.3 Å². The number of aliphatic imine (C=N–C) groups is 1. The van der Waals surface area contributed by atoms with E-state index in [4.69, 9.17) is 10.5 Å². The Hall–Kier alpha value is -0.870. The smallest absolute Gasteiger partial charge is 0.197 e. The number of nitrogens with two attached hydrogens (primary N) is 1. The molecule has 1 aromatic rings. The van der Waals surface area contributed by atoms with Crippen LogP contribution in [-0.2, 0) is 11.2 Å². The van der Waals surface area contributed by atoms with Gasteiger partial charge in [-0.25, -0.2) is 0 Å². The molecule has 0 saturated carbocycles. The van der Waals surface area contributed by atoms with E-state index >= 15 is 0 Å². The van der Waals surface area contributed by atoms with Gasteiger partial charge >= 0.3 is 0 Å². The molecule has 0 fully saturated rings. The first-order valence-electron chi connectivity index (χ1n) is 4.92. The third-order valence-corrected chi connectivity index (χ3v) is 2.79. The molecule has 2 N–H and O–H groups in total. The molecule has 0 bridgehead atoms. The van der Waals surface area contributed by atoms with E-state index in [2.05, 4.69) is 33.1 Å². The molecule has 0 saturated heterocycles. The third kappa shape index (κ3) is 2.79. The van der Waals surface area contributed by atoms with E-state index in [0.717, 1.165) is 17.4 Å². The van der Waals surface area contributed by atoms with Crippen molar-refractivity contribution in [1.82, 2.24) is 0 Å². The highest BCUT2D eigenvalue weighted by molar-refractivity contribution is 9.10. The number of rotatable bonds is 3. The SMILES string of the molecule is NCC1=NCC(Cc2cccc(Br)c2)O1. The number of benzene rings is 1. The molecule has 0 spiro atoms. The van der Waals surface area contributed by atoms with Gasteiger partial charge in [0.05, 0.1) is 13.1 Å². The number of ether oxygens (including phenoxy) is 1. The van der Waals surface area contributed by atoms with E-state index in [1.54, 1.807) is 0 Å². The van der Waals surface area contributed by atoms with Crippen LogP contribution in [0.5, 0.6) is 0 Å². The van der Waals surface area contributed by atoms with Gasteiger partial charge in [-0.2, -0.15) is 0 Å². The maximum Gasteiger partial charge on any atom is 0.197 e. The Labute approximate surface area is 97.5 Å². The first kappa shape index (κ1) is 10.6. The molecule has 1 aliphatic rings. The summed E-state index contributed by atoms with van der Waals surface area (Å²) in [5.74, 6) is 0.676. The molecule has 0 aromatic heterocycles. The van der Waals surface area contributed by atoms with Gasteiger partial charge in [0.25, 0.3) is 0 Å². The fourth-order valence-electron chi connectivity index (χ4n) is 1.62. The van der Waals surface area contributed by atoms with Crippen molar-refractivity contribution < 1.29 is 4.74 Å². The molecule has 1 unspecified atom stereocenters. The molecule has 2 rings (SSSR count). The van der Waals surface area contributed by atoms with Crippen molar-refractivity contribution >= 4 is 21.8 Å². The minimum Gasteiger partial charge on any atom is -0.474 e. The number of hydrogen-bond donors (Lipinski definition) is 1. The molecule has 0 aliphatic carbocycles. The second-order valence-electron chi connectivity index (χ2n) is 3.51. The van der Waals surface area contributed by atoms with Gasteiger partial charge in [-0.1, -0.05) is 28.1 Å². The van der Waals surface area contributed by atoms with E-state index in [9.17, 15) is 0 Å². The summed E-state index contributed by atoms with van der Waals surface area (Å²) in [4.78, 5) is 4.21. The van der Waals surface area contributed by atoms with Crippen LogP contribution in [0.3, 0.4) is 0 Å². The van der Waals surface area contributed by atoms with Crippen molar-refractivity contribution in [1.29, 1.82) is 0 Å². The maximum atomic E-state index is 5.56. The Morgan fingerprint density at radius 2 is 2.40 bits per heavy atom. The Kier molecular flexibility index (Phi) is 3.38. The molecule has 0 radical (unpaired) electrons. The topological polar surface area (TPSA) is 47.6 Å². The lowest BCUT2D eigenvalue weighted by molar-refractivity contribution is 0.221. The van der Waals surface area contributed by atoms with E-state index in [-0.39, 0.29) is 6.10 Å². The zero-order valence-electron chi connectivity index (χ0n) is 8.32. The van der Waals surface area contributed by atoms with Crippen LogP contribution >= 0.6 is 15.9 Å². The monoisotopic (exact) mass is 268 g/mol. The Bertz CT molecular complexity index is 379. The molecular formula is C11H13BrN2O. The number of hydrogen-bond acceptors (Lipinski definition) is 3. The van der Waals surface area contributed by atoms with Gasteiger partial charge in [0, 0.05) is 10.9 Å². The van der Waals surface area contributed by atoms with Gasteiger partial charge in [0.15, 0.2) is 5.90 Å². The van der Waals surface area contributed by atoms with Gasteiger partial charge in [-0.05, 0) is 17.7 Å². The predicted octanol–water partition coefficient (Wildman–Crippen LogP) is 1.75. The van der Waals surface area contributed by atoms with E-state index in [1.165, 1.54) is 5.56 Å². The molecule has 3 nitrogen and oxygen atoms in total. The van der Waals surface area contributed by atoms with Crippen LogP contribution in [0.1, 0.15) is 5.56 Å². The Balaban J connectivity index is 1.94. The summed E-state index contributed by atoms with van der Waals surface area (Å²) in [5, 5.41) is 0. The minimum absolute atomic E-state index is 0.151. The van der Waals surface area contributed by atoms with Crippen LogP contribution in [0.2, 0.25) is 0 Å². The van der Waals surface area contributed by atoms with Crippen LogP contribution in [0, 0.1) is 0 Å². The highest BCUT2D eigenvalue weighted by Gasteiger charge is 2.18. The van der Waals surface area contributed by atoms with Gasteiger partial charge in [-0.3, -0.25) is 4.99 Å². The lowest BCUT2D eigenvalue weighted by Crippen LogP contribution is -2.20. The highest BCUT2D eigenvalue weighted by atomic mass is 79.9. The number of nitrogens with zero attached hydrogens (tertiary/aromatic N) is 1. The van der Waals surface area contributed by atoms with Gasteiger partial charge < -0.3 is 10.5 Å². The molecule has 15 heavy (non-hydrogen) atoms. The summed E-state index contributed by atoms with van der Waals surface area (Å²) >= 11 is 3.45. The molecule has 0 amide bonds. The van der Waals surface area contributed by atoms with Crippen LogP contribution in [-0.4, -0.2) is 25.1 Å². The third-order valence-electron chi connectivity index (χ3n) is 2.30. The molecule has 1 aliphatic heterocycles. The fraction of sp³-hybridized carbons (Fsp3) is 0.364. The van der Waals surface area contributed by atoms with Crippen LogP contribution in [0.25, 0.3) is 0 Å². The molecular weight excluding hydrogens is 256 g/mol. The summed E-state index contributed by atoms with van der Waals surface area (Å²) in [6, 6.07) is 8.23. The first-order valence-corrected chi connectivity index (χ1v) is 5.71. The predicted molar refractivity (Wildman–Crippen MR) is 64.1 cm³/mol. The van der Waals surface area contributed by atoms with Crippen molar-refractivity contribution in [2.24, 2.45) is 10.7 Å². The van der Waals surface area contributed by atoms with Gasteiger partial charge in [-0.15, -0.1) is 0 Å². The zero-order chi connectivity index (χ0) is 10.7. The average molecular weight is 269 g/mol. The minimum atomic E-state index is 0.151. The van der Waals surface area contributed by atoms with Crippen molar-refractivity contribution in [3.8, 4) is 0 Å². The summed E-state index contributed by atoms with van der Waals surface area (Å²) in [6.07, 6.45) is 1.03. The second-order valence-corrected chi connectivity index (χ2v) is 4.43. The van der Waals surface area contributed by atoms with Gasteiger partial charge in [0.1, 0.15) is 6.10 Å². The largest absolute Gasteiger partial charge is 0.474 e. The van der Waals surface area contributed by atoms with E-state index < -0.39 is 0 Å². The quantitative estimate of drug-likeness (QED) is 0.908. The number of halogens is 1. The van der Waals surface area contributed by atoms with Gasteiger partial charge in [0.2, 0.25) is 0 Å². The molecule has 1 heterocycles. The maximum absolute atomic E-state index is 5.56. The average Bonchev–Trinajstić information content (AvgIpc) is 2.65. The summed E-state index contributed by atoms with van der Waals surface area (Å²) in [5.41, 5.74) is 6.70. The lowest BCUT2D eigenvalue weighted by Gasteiger charge is -2.10. The van der Waals surface area contributed by atoms with Crippen molar-refractivity contribution in [2.45, 2.75) is 12.5 Å². The molecule has 4 heteroatoms. The zero-order valence-corrected chi connectivity index (χ0v) is 9.90. The summed E-state index contributed by atoms with van der Waals surface area (Å²) in [7, 11) is 0. The van der Waals surface area contributed by atoms with Crippen LogP contribution < -0.4 is 5.73 Å². The highest BCUT2D eigenvalue weighted by Crippen LogP contribution is 2.16. The molecule has 1 atom stereocenters. The van der Waals surface area contributed by atoms with Crippen LogP contribution in [0.15, 0.2) is 33.7 Å². The van der Waals surface area contributed by atoms with E-state index in [1.807, 2.05) is 12.1 Å². The fourth-order valence-corrected chi connectivity index (χ4v) is 2.06. The molecule has 1 aromatic carbocycles. The Morgan fingerprint density at radius 1 is 1.53 bits per heavy atom. The second kappa shape index (κ2) is 4.77. The lowest BCUT2D eigenvalue weighted by atomic mass is 10.1. The summed E-state index contributed by atoms with van der Waals surface area (Å²) < 4.78 is 6.66. The first-order chi connectivity index (χ1) is 7.28. The van der Waals surface area contributed by atoms with Crippen molar-refractivity contribution in [2.75, 3.05) is 13.1 Å².